The predicted molar refractivity (Wildman–Crippen MR) is 145 cm³/mol. The van der Waals surface area contributed by atoms with Crippen molar-refractivity contribution < 1.29 is 14.3 Å². The molecule has 3 aliphatic rings. The number of ether oxygens (including phenoxy) is 1. The van der Waals surface area contributed by atoms with E-state index >= 15 is 0 Å². The summed E-state index contributed by atoms with van der Waals surface area (Å²) in [4.78, 5) is 41.3. The molecule has 1 saturated carbocycles. The highest BCUT2D eigenvalue weighted by Crippen LogP contribution is 2.45. The van der Waals surface area contributed by atoms with Gasteiger partial charge >= 0.3 is 5.97 Å². The molecule has 3 heterocycles. The van der Waals surface area contributed by atoms with E-state index in [-0.39, 0.29) is 29.9 Å². The van der Waals surface area contributed by atoms with E-state index in [0.29, 0.717) is 16.5 Å². The smallest absolute Gasteiger partial charge is 0.302 e. The molecule has 1 aliphatic carbocycles. The molecule has 5 rings (SSSR count). The Hall–Kier alpha value is -3.53. The third-order valence-electron chi connectivity index (χ3n) is 7.47. The van der Waals surface area contributed by atoms with E-state index in [1.54, 1.807) is 12.4 Å². The maximum Gasteiger partial charge on any atom is 0.302 e. The van der Waals surface area contributed by atoms with E-state index < -0.39 is 5.54 Å². The number of carbonyl (C=O) groups is 2. The Balaban J connectivity index is 1.36. The van der Waals surface area contributed by atoms with E-state index in [4.69, 9.17) is 15.5 Å². The van der Waals surface area contributed by atoms with Crippen LogP contribution in [-0.4, -0.2) is 45.1 Å². The van der Waals surface area contributed by atoms with Gasteiger partial charge in [0.25, 0.3) is 5.91 Å². The summed E-state index contributed by atoms with van der Waals surface area (Å²) in [6.45, 7) is 5.58. The number of nitrogens with one attached hydrogen (secondary N) is 1. The molecule has 0 radical (unpaired) electrons. The van der Waals surface area contributed by atoms with Crippen LogP contribution in [0.2, 0.25) is 0 Å². The van der Waals surface area contributed by atoms with Gasteiger partial charge in [0.05, 0.1) is 0 Å². The highest BCUT2D eigenvalue weighted by molar-refractivity contribution is 7.15. The number of hydrogen-bond donors (Lipinski definition) is 2. The van der Waals surface area contributed by atoms with Crippen molar-refractivity contribution in [2.24, 2.45) is 21.6 Å². The fourth-order valence-electron chi connectivity index (χ4n) is 5.39. The molecule has 0 bridgehead atoms. The van der Waals surface area contributed by atoms with Crippen LogP contribution in [0.25, 0.3) is 0 Å². The molecule has 1 fully saturated rings. The summed E-state index contributed by atoms with van der Waals surface area (Å²) in [6, 6.07) is 7.24. The number of amidine groups is 2. The molecular weight excluding hydrogens is 488 g/mol. The number of nitrogens with two attached hydrogens (primary N) is 1. The number of aryl methyl sites for hydroxylation is 1. The van der Waals surface area contributed by atoms with Crippen LogP contribution in [0.5, 0.6) is 0 Å². The zero-order chi connectivity index (χ0) is 26.2. The second kappa shape index (κ2) is 10.1. The second-order valence-electron chi connectivity index (χ2n) is 9.86. The molecule has 1 aromatic heterocycles. The van der Waals surface area contributed by atoms with Gasteiger partial charge in [-0.3, -0.25) is 19.9 Å². The fourth-order valence-corrected chi connectivity index (χ4v) is 6.13. The number of anilines is 1. The van der Waals surface area contributed by atoms with Crippen LogP contribution >= 0.6 is 11.3 Å². The van der Waals surface area contributed by atoms with Crippen LogP contribution in [0, 0.1) is 5.92 Å². The first-order valence-electron chi connectivity index (χ1n) is 12.7. The first kappa shape index (κ1) is 25.1. The van der Waals surface area contributed by atoms with Crippen molar-refractivity contribution in [3.05, 3.63) is 58.9 Å². The lowest BCUT2D eigenvalue weighted by molar-refractivity contribution is -0.147. The van der Waals surface area contributed by atoms with Gasteiger partial charge < -0.3 is 15.4 Å². The number of aromatic nitrogens is 1. The molecule has 9 nitrogen and oxygen atoms in total. The summed E-state index contributed by atoms with van der Waals surface area (Å²) in [7, 11) is 0. The molecule has 2 aliphatic heterocycles. The van der Waals surface area contributed by atoms with Crippen LogP contribution in [-0.2, 0) is 16.0 Å². The Morgan fingerprint density at radius 2 is 1.95 bits per heavy atom. The quantitative estimate of drug-likeness (QED) is 0.543. The SMILES string of the molecule is CCc1cnc(NC(=O)c2ccc(C3N=C(C4CCC(OC(C)=O)CC4)N4C=CN=C(N)C34C)cc2)s1. The molecule has 2 unspecified atom stereocenters. The van der Waals surface area contributed by atoms with Crippen molar-refractivity contribution in [2.75, 3.05) is 5.32 Å². The summed E-state index contributed by atoms with van der Waals surface area (Å²) in [5.41, 5.74) is 7.36. The Bertz CT molecular complexity index is 1280. The van der Waals surface area contributed by atoms with Crippen molar-refractivity contribution in [1.29, 1.82) is 0 Å². The number of thiazole rings is 1. The summed E-state index contributed by atoms with van der Waals surface area (Å²) >= 11 is 1.48. The number of aliphatic imine (C=N–C) groups is 2. The lowest BCUT2D eigenvalue weighted by Crippen LogP contribution is -2.56. The van der Waals surface area contributed by atoms with E-state index in [1.807, 2.05) is 30.5 Å². The van der Waals surface area contributed by atoms with Crippen LogP contribution in [0.4, 0.5) is 5.13 Å². The van der Waals surface area contributed by atoms with E-state index in [0.717, 1.165) is 48.4 Å². The fraction of sp³-hybridized carbons (Fsp3) is 0.444. The predicted octanol–water partition coefficient (Wildman–Crippen LogP) is 4.44. The highest BCUT2D eigenvalue weighted by Gasteiger charge is 2.52. The average Bonchev–Trinajstić information content (AvgIpc) is 3.47. The van der Waals surface area contributed by atoms with Gasteiger partial charge in [0.15, 0.2) is 5.13 Å². The Kier molecular flexibility index (Phi) is 6.85. The van der Waals surface area contributed by atoms with Gasteiger partial charge in [-0.1, -0.05) is 19.1 Å². The minimum Gasteiger partial charge on any atom is -0.463 e. The Labute approximate surface area is 220 Å². The minimum absolute atomic E-state index is 0.0295. The summed E-state index contributed by atoms with van der Waals surface area (Å²) < 4.78 is 5.43. The molecule has 3 N–H and O–H groups in total. The van der Waals surface area contributed by atoms with Gasteiger partial charge in [-0.15, -0.1) is 11.3 Å². The Morgan fingerprint density at radius 3 is 2.59 bits per heavy atom. The Morgan fingerprint density at radius 1 is 1.22 bits per heavy atom. The van der Waals surface area contributed by atoms with Crippen molar-refractivity contribution in [3.63, 3.8) is 0 Å². The van der Waals surface area contributed by atoms with Crippen molar-refractivity contribution in [3.8, 4) is 0 Å². The number of benzene rings is 1. The van der Waals surface area contributed by atoms with Gasteiger partial charge in [0.1, 0.15) is 29.4 Å². The lowest BCUT2D eigenvalue weighted by Gasteiger charge is -2.41. The number of amides is 1. The number of esters is 1. The third kappa shape index (κ3) is 4.77. The number of hydrogen-bond acceptors (Lipinski definition) is 9. The van der Waals surface area contributed by atoms with Gasteiger partial charge in [-0.25, -0.2) is 9.98 Å². The molecule has 10 heteroatoms. The number of nitrogens with zero attached hydrogens (tertiary/aromatic N) is 4. The second-order valence-corrected chi connectivity index (χ2v) is 11.0. The molecule has 1 amide bonds. The largest absolute Gasteiger partial charge is 0.463 e. The standard InChI is InChI=1S/C27H32N6O3S/c1-4-21-15-30-26(37-21)32-24(35)19-7-5-17(6-8-19)22-27(3)25(28)29-13-14-33(27)23(31-22)18-9-11-20(12-10-18)36-16(2)34/h5-8,13-15,18,20,22H,4,9-12H2,1-3H3,(H2,28,29)(H,30,32,35). The van der Waals surface area contributed by atoms with Crippen LogP contribution in [0.1, 0.15) is 73.3 Å². The van der Waals surface area contributed by atoms with Gasteiger partial charge in [-0.2, -0.15) is 0 Å². The zero-order valence-electron chi connectivity index (χ0n) is 21.3. The molecule has 37 heavy (non-hydrogen) atoms. The minimum atomic E-state index is -0.641. The van der Waals surface area contributed by atoms with Crippen LogP contribution in [0.15, 0.2) is 52.8 Å². The molecule has 2 aromatic rings. The molecule has 0 spiro atoms. The normalized spacial score (nSPS) is 26.8. The first-order chi connectivity index (χ1) is 17.8. The first-order valence-corrected chi connectivity index (χ1v) is 13.5. The molecule has 2 atom stereocenters. The summed E-state index contributed by atoms with van der Waals surface area (Å²) in [5, 5.41) is 3.48. The monoisotopic (exact) mass is 520 g/mol. The molecule has 1 aromatic carbocycles. The molecule has 194 valence electrons. The maximum absolute atomic E-state index is 12.8. The molecular formula is C27H32N6O3S. The highest BCUT2D eigenvalue weighted by atomic mass is 32.1. The molecule has 0 saturated heterocycles. The van der Waals surface area contributed by atoms with Crippen molar-refractivity contribution in [2.45, 2.75) is 70.6 Å². The van der Waals surface area contributed by atoms with Crippen LogP contribution in [0.3, 0.4) is 0 Å². The number of rotatable bonds is 6. The summed E-state index contributed by atoms with van der Waals surface area (Å²) in [6.07, 6.45) is 9.72. The van der Waals surface area contributed by atoms with Gasteiger partial charge in [-0.05, 0) is 56.7 Å². The van der Waals surface area contributed by atoms with E-state index in [9.17, 15) is 9.59 Å². The van der Waals surface area contributed by atoms with Gasteiger partial charge in [0.2, 0.25) is 0 Å². The van der Waals surface area contributed by atoms with Crippen molar-refractivity contribution >= 4 is 40.0 Å². The van der Waals surface area contributed by atoms with Gasteiger partial charge in [0, 0.05) is 41.9 Å². The van der Waals surface area contributed by atoms with E-state index in [2.05, 4.69) is 34.0 Å². The maximum atomic E-state index is 12.8. The zero-order valence-corrected chi connectivity index (χ0v) is 22.1. The lowest BCUT2D eigenvalue weighted by atomic mass is 9.83. The third-order valence-corrected chi connectivity index (χ3v) is 8.53. The topological polar surface area (TPSA) is 122 Å². The van der Waals surface area contributed by atoms with E-state index in [1.165, 1.54) is 18.3 Å². The van der Waals surface area contributed by atoms with Crippen molar-refractivity contribution in [1.82, 2.24) is 9.88 Å². The average molecular weight is 521 g/mol. The number of carbonyl (C=O) groups excluding carboxylic acids is 2. The number of fused-ring (bicyclic) bond motifs is 1. The van der Waals surface area contributed by atoms with Crippen LogP contribution < -0.4 is 11.1 Å². The summed E-state index contributed by atoms with van der Waals surface area (Å²) in [5.74, 6) is 1.30.